The van der Waals surface area contributed by atoms with Crippen molar-refractivity contribution in [1.82, 2.24) is 4.98 Å². The molecule has 0 aliphatic carbocycles. The lowest BCUT2D eigenvalue weighted by atomic mass is 9.96. The maximum absolute atomic E-state index is 14.1. The summed E-state index contributed by atoms with van der Waals surface area (Å²) in [6.07, 6.45) is 1.13. The standard InChI is InChI=1S/C15H14BrF2N2O3P/c1-3-8-9(4-2)14(7-19)20-13-6-11(12(16)5-10(8)13)15(17,18)24(21,22)23/h5-6H,3-4H2,1-2H3,(H2,21,22,23). The Morgan fingerprint density at radius 1 is 1.29 bits per heavy atom. The van der Waals surface area contributed by atoms with Gasteiger partial charge in [-0.3, -0.25) is 4.57 Å². The molecule has 1 aromatic carbocycles. The van der Waals surface area contributed by atoms with Gasteiger partial charge in [0.05, 0.1) is 5.52 Å². The predicted octanol–water partition coefficient (Wildman–Crippen LogP) is 4.22. The molecule has 128 valence electrons. The Bertz CT molecular complexity index is 906. The number of hydrogen-bond donors (Lipinski definition) is 2. The second-order valence-corrected chi connectivity index (χ2v) is 7.67. The van der Waals surface area contributed by atoms with Crippen molar-refractivity contribution in [3.8, 4) is 6.07 Å². The first-order valence-corrected chi connectivity index (χ1v) is 9.48. The van der Waals surface area contributed by atoms with Crippen LogP contribution in [-0.2, 0) is 23.1 Å². The van der Waals surface area contributed by atoms with E-state index in [9.17, 15) is 18.6 Å². The zero-order valence-electron chi connectivity index (χ0n) is 12.8. The van der Waals surface area contributed by atoms with E-state index in [1.54, 1.807) is 0 Å². The minimum atomic E-state index is -5.70. The number of fused-ring (bicyclic) bond motifs is 1. The van der Waals surface area contributed by atoms with Crippen molar-refractivity contribution in [2.45, 2.75) is 32.4 Å². The number of rotatable bonds is 4. The average molecular weight is 419 g/mol. The van der Waals surface area contributed by atoms with Crippen molar-refractivity contribution in [2.24, 2.45) is 0 Å². The molecule has 0 aliphatic heterocycles. The number of hydrogen-bond acceptors (Lipinski definition) is 3. The fourth-order valence-electron chi connectivity index (χ4n) is 2.65. The van der Waals surface area contributed by atoms with Crippen LogP contribution in [0, 0.1) is 11.3 Å². The first kappa shape index (κ1) is 18.9. The molecule has 2 N–H and O–H groups in total. The van der Waals surface area contributed by atoms with Gasteiger partial charge >= 0.3 is 13.3 Å². The van der Waals surface area contributed by atoms with Gasteiger partial charge in [-0.05, 0) is 36.1 Å². The summed E-state index contributed by atoms with van der Waals surface area (Å²) in [7, 11) is -5.70. The topological polar surface area (TPSA) is 94.2 Å². The van der Waals surface area contributed by atoms with Crippen LogP contribution >= 0.6 is 23.5 Å². The Labute approximate surface area is 145 Å². The summed E-state index contributed by atoms with van der Waals surface area (Å²) >= 11 is 2.98. The molecule has 0 fully saturated rings. The number of nitriles is 1. The molecular formula is C15H14BrF2N2O3P. The lowest BCUT2D eigenvalue weighted by Gasteiger charge is -2.20. The molecule has 0 saturated carbocycles. The van der Waals surface area contributed by atoms with Crippen LogP contribution in [0.1, 0.15) is 36.2 Å². The van der Waals surface area contributed by atoms with E-state index >= 15 is 0 Å². The van der Waals surface area contributed by atoms with Crippen LogP contribution < -0.4 is 0 Å². The van der Waals surface area contributed by atoms with Crippen LogP contribution in [0.5, 0.6) is 0 Å². The summed E-state index contributed by atoms with van der Waals surface area (Å²) in [5.74, 6) is 0. The minimum Gasteiger partial charge on any atom is -0.320 e. The summed E-state index contributed by atoms with van der Waals surface area (Å²) in [4.78, 5) is 22.0. The highest BCUT2D eigenvalue weighted by Gasteiger charge is 2.51. The molecule has 1 heterocycles. The van der Waals surface area contributed by atoms with Crippen molar-refractivity contribution in [3.05, 3.63) is 39.0 Å². The minimum absolute atomic E-state index is 0.104. The van der Waals surface area contributed by atoms with Crippen molar-refractivity contribution in [2.75, 3.05) is 0 Å². The second kappa shape index (κ2) is 6.49. The van der Waals surface area contributed by atoms with E-state index in [2.05, 4.69) is 20.9 Å². The Kier molecular flexibility index (Phi) is 5.12. The van der Waals surface area contributed by atoms with Gasteiger partial charge in [0.1, 0.15) is 11.8 Å². The van der Waals surface area contributed by atoms with Crippen LogP contribution in [0.4, 0.5) is 8.78 Å². The molecule has 2 aromatic rings. The van der Waals surface area contributed by atoms with E-state index in [4.69, 9.17) is 9.79 Å². The van der Waals surface area contributed by atoms with Crippen LogP contribution in [-0.4, -0.2) is 14.8 Å². The van der Waals surface area contributed by atoms with Gasteiger partial charge in [-0.25, -0.2) is 4.98 Å². The molecule has 0 spiro atoms. The molecule has 2 rings (SSSR count). The number of nitrogens with zero attached hydrogens (tertiary/aromatic N) is 2. The molecule has 0 aliphatic rings. The van der Waals surface area contributed by atoms with E-state index in [0.717, 1.165) is 17.2 Å². The fraction of sp³-hybridized carbons (Fsp3) is 0.333. The molecule has 0 radical (unpaired) electrons. The molecule has 5 nitrogen and oxygen atoms in total. The van der Waals surface area contributed by atoms with Crippen molar-refractivity contribution < 1.29 is 23.1 Å². The highest BCUT2D eigenvalue weighted by Crippen LogP contribution is 2.60. The van der Waals surface area contributed by atoms with E-state index in [1.165, 1.54) is 6.07 Å². The maximum atomic E-state index is 14.1. The van der Waals surface area contributed by atoms with E-state index in [0.29, 0.717) is 18.2 Å². The molecule has 0 bridgehead atoms. The first-order valence-electron chi connectivity index (χ1n) is 7.07. The summed E-state index contributed by atoms with van der Waals surface area (Å²) in [5.41, 5.74) is -3.42. The van der Waals surface area contributed by atoms with E-state index in [-0.39, 0.29) is 15.7 Å². The zero-order chi connectivity index (χ0) is 18.3. The Hall–Kier alpha value is -1.39. The monoisotopic (exact) mass is 418 g/mol. The Morgan fingerprint density at radius 2 is 1.88 bits per heavy atom. The van der Waals surface area contributed by atoms with Crippen LogP contribution in [0.15, 0.2) is 16.6 Å². The summed E-state index contributed by atoms with van der Waals surface area (Å²) in [6, 6.07) is 4.26. The molecule has 24 heavy (non-hydrogen) atoms. The Balaban J connectivity index is 2.91. The largest absolute Gasteiger partial charge is 0.399 e. The van der Waals surface area contributed by atoms with Gasteiger partial charge in [-0.15, -0.1) is 0 Å². The van der Waals surface area contributed by atoms with Crippen LogP contribution in [0.3, 0.4) is 0 Å². The van der Waals surface area contributed by atoms with Gasteiger partial charge < -0.3 is 9.79 Å². The number of pyridine rings is 1. The fourth-order valence-corrected chi connectivity index (χ4v) is 3.90. The lowest BCUT2D eigenvalue weighted by molar-refractivity contribution is 0.0558. The van der Waals surface area contributed by atoms with Gasteiger partial charge in [-0.1, -0.05) is 29.8 Å². The van der Waals surface area contributed by atoms with Crippen LogP contribution in [0.25, 0.3) is 10.9 Å². The summed E-state index contributed by atoms with van der Waals surface area (Å²) in [5, 5.41) is 9.82. The number of halogens is 3. The predicted molar refractivity (Wildman–Crippen MR) is 88.9 cm³/mol. The van der Waals surface area contributed by atoms with Gasteiger partial charge in [0.2, 0.25) is 0 Å². The smallest absolute Gasteiger partial charge is 0.320 e. The van der Waals surface area contributed by atoms with Gasteiger partial charge in [-0.2, -0.15) is 14.0 Å². The molecule has 0 saturated heterocycles. The number of alkyl halides is 2. The van der Waals surface area contributed by atoms with Crippen LogP contribution in [0.2, 0.25) is 0 Å². The number of benzene rings is 1. The number of aromatic nitrogens is 1. The molecule has 9 heteroatoms. The average Bonchev–Trinajstić information content (AvgIpc) is 2.51. The highest BCUT2D eigenvalue weighted by molar-refractivity contribution is 9.10. The molecular weight excluding hydrogens is 405 g/mol. The van der Waals surface area contributed by atoms with E-state index in [1.807, 2.05) is 19.9 Å². The second-order valence-electron chi connectivity index (χ2n) is 5.17. The van der Waals surface area contributed by atoms with Crippen molar-refractivity contribution in [3.63, 3.8) is 0 Å². The SMILES string of the molecule is CCc1c(C#N)nc2cc(C(F)(F)P(=O)(O)O)c(Br)cc2c1CC. The van der Waals surface area contributed by atoms with Crippen molar-refractivity contribution >= 4 is 34.4 Å². The van der Waals surface area contributed by atoms with Gasteiger partial charge in [0.25, 0.3) is 0 Å². The Morgan fingerprint density at radius 3 is 2.33 bits per heavy atom. The normalized spacial score (nSPS) is 12.4. The van der Waals surface area contributed by atoms with Gasteiger partial charge in [0.15, 0.2) is 0 Å². The molecule has 0 unspecified atom stereocenters. The highest BCUT2D eigenvalue weighted by atomic mass is 79.9. The summed E-state index contributed by atoms with van der Waals surface area (Å²) in [6.45, 7) is 3.75. The third-order valence-electron chi connectivity index (χ3n) is 3.80. The quantitative estimate of drug-likeness (QED) is 0.724. The maximum Gasteiger partial charge on any atom is 0.399 e. The van der Waals surface area contributed by atoms with Gasteiger partial charge in [0, 0.05) is 15.4 Å². The first-order chi connectivity index (χ1) is 11.1. The molecule has 1 aromatic heterocycles. The molecule has 0 amide bonds. The lowest BCUT2D eigenvalue weighted by Crippen LogP contribution is -2.15. The third kappa shape index (κ3) is 2.98. The zero-order valence-corrected chi connectivity index (χ0v) is 15.3. The van der Waals surface area contributed by atoms with E-state index < -0.39 is 18.8 Å². The van der Waals surface area contributed by atoms with Crippen molar-refractivity contribution in [1.29, 1.82) is 5.26 Å². The number of aryl methyl sites for hydroxylation is 1. The summed E-state index contributed by atoms with van der Waals surface area (Å²) < 4.78 is 39.2. The molecule has 0 atom stereocenters. The third-order valence-corrected chi connectivity index (χ3v) is 5.42.